The van der Waals surface area contributed by atoms with Crippen molar-refractivity contribution in [2.45, 2.75) is 13.8 Å². The molecular weight excluding hydrogens is 224 g/mol. The smallest absolute Gasteiger partial charge is 0.0729 e. The summed E-state index contributed by atoms with van der Waals surface area (Å²) in [6.45, 7) is 4.04. The van der Waals surface area contributed by atoms with Crippen LogP contribution in [0.15, 0.2) is 36.7 Å². The van der Waals surface area contributed by atoms with Gasteiger partial charge < -0.3 is 5.73 Å². The minimum absolute atomic E-state index is 0.739. The fourth-order valence-corrected chi connectivity index (χ4v) is 2.25. The van der Waals surface area contributed by atoms with Crippen LogP contribution in [0.25, 0.3) is 16.5 Å². The first kappa shape index (κ1) is 10.8. The van der Waals surface area contributed by atoms with Gasteiger partial charge in [-0.3, -0.25) is 4.98 Å². The molecule has 0 aliphatic carbocycles. The summed E-state index contributed by atoms with van der Waals surface area (Å²) in [6.07, 6.45) is 3.57. The molecule has 0 unspecified atom stereocenters. The molecule has 3 aromatic rings. The number of pyridine rings is 1. The number of benzene rings is 1. The first-order valence-corrected chi connectivity index (χ1v) is 5.82. The summed E-state index contributed by atoms with van der Waals surface area (Å²) in [4.78, 5) is 4.13. The Morgan fingerprint density at radius 3 is 2.67 bits per heavy atom. The zero-order valence-corrected chi connectivity index (χ0v) is 10.4. The number of nitrogens with two attached hydrogens (primary N) is 1. The van der Waals surface area contributed by atoms with Gasteiger partial charge in [-0.05, 0) is 38.1 Å². The van der Waals surface area contributed by atoms with Crippen molar-refractivity contribution in [1.29, 1.82) is 0 Å². The van der Waals surface area contributed by atoms with Gasteiger partial charge in [0.25, 0.3) is 0 Å². The maximum atomic E-state index is 5.98. The molecule has 0 bridgehead atoms. The van der Waals surface area contributed by atoms with Crippen molar-refractivity contribution < 1.29 is 0 Å². The summed E-state index contributed by atoms with van der Waals surface area (Å²) in [5.74, 6) is 0. The van der Waals surface area contributed by atoms with E-state index in [-0.39, 0.29) is 0 Å². The molecule has 0 fully saturated rings. The van der Waals surface area contributed by atoms with E-state index in [1.807, 2.05) is 36.7 Å². The Kier molecular flexibility index (Phi) is 2.30. The number of nitrogen functional groups attached to an aromatic ring is 1. The molecule has 0 saturated heterocycles. The van der Waals surface area contributed by atoms with E-state index < -0.39 is 0 Å². The maximum Gasteiger partial charge on any atom is 0.0729 e. The number of anilines is 1. The predicted octanol–water partition coefficient (Wildman–Crippen LogP) is 2.62. The molecule has 0 aliphatic heterocycles. The summed E-state index contributed by atoms with van der Waals surface area (Å²) in [5, 5.41) is 6.54. The second-order valence-corrected chi connectivity index (χ2v) is 4.43. The Morgan fingerprint density at radius 1 is 1.11 bits per heavy atom. The van der Waals surface area contributed by atoms with Gasteiger partial charge in [-0.15, -0.1) is 0 Å². The lowest BCUT2D eigenvalue weighted by Gasteiger charge is -2.10. The number of fused-ring (bicyclic) bond motifs is 1. The number of nitrogens with zero attached hydrogens (tertiary/aromatic N) is 3. The van der Waals surface area contributed by atoms with Gasteiger partial charge in [0.1, 0.15) is 0 Å². The Balaban J connectivity index is 2.37. The number of hydrogen-bond donors (Lipinski definition) is 1. The van der Waals surface area contributed by atoms with Gasteiger partial charge in [-0.2, -0.15) is 5.10 Å². The fraction of sp³-hybridized carbons (Fsp3) is 0.143. The Bertz CT molecular complexity index is 728. The highest BCUT2D eigenvalue weighted by molar-refractivity contribution is 5.97. The molecule has 0 spiro atoms. The minimum Gasteiger partial charge on any atom is -0.398 e. The van der Waals surface area contributed by atoms with Crippen LogP contribution in [0.5, 0.6) is 0 Å². The van der Waals surface area contributed by atoms with Crippen molar-refractivity contribution >= 4 is 16.5 Å². The highest BCUT2D eigenvalue weighted by Gasteiger charge is 2.09. The van der Waals surface area contributed by atoms with Crippen molar-refractivity contribution in [3.63, 3.8) is 0 Å². The van der Waals surface area contributed by atoms with Crippen molar-refractivity contribution in [2.24, 2.45) is 0 Å². The van der Waals surface area contributed by atoms with Crippen LogP contribution in [0.1, 0.15) is 11.4 Å². The fourth-order valence-electron chi connectivity index (χ4n) is 2.25. The van der Waals surface area contributed by atoms with Gasteiger partial charge in [0.2, 0.25) is 0 Å². The van der Waals surface area contributed by atoms with Gasteiger partial charge in [-0.25, -0.2) is 4.68 Å². The number of aromatic nitrogens is 3. The van der Waals surface area contributed by atoms with Gasteiger partial charge in [0.15, 0.2) is 0 Å². The van der Waals surface area contributed by atoms with E-state index in [1.54, 1.807) is 12.4 Å². The predicted molar refractivity (Wildman–Crippen MR) is 72.8 cm³/mol. The molecule has 0 radical (unpaired) electrons. The van der Waals surface area contributed by atoms with Gasteiger partial charge >= 0.3 is 0 Å². The summed E-state index contributed by atoms with van der Waals surface area (Å²) < 4.78 is 1.94. The Morgan fingerprint density at radius 2 is 1.94 bits per heavy atom. The van der Waals surface area contributed by atoms with Gasteiger partial charge in [0.05, 0.1) is 11.4 Å². The van der Waals surface area contributed by atoms with E-state index in [4.69, 9.17) is 5.73 Å². The van der Waals surface area contributed by atoms with Crippen LogP contribution < -0.4 is 5.73 Å². The van der Waals surface area contributed by atoms with Crippen molar-refractivity contribution in [1.82, 2.24) is 14.8 Å². The van der Waals surface area contributed by atoms with Gasteiger partial charge in [-0.1, -0.05) is 0 Å². The molecule has 4 heteroatoms. The summed E-state index contributed by atoms with van der Waals surface area (Å²) >= 11 is 0. The second kappa shape index (κ2) is 3.84. The van der Waals surface area contributed by atoms with Crippen LogP contribution >= 0.6 is 0 Å². The highest BCUT2D eigenvalue weighted by Crippen LogP contribution is 2.26. The molecule has 90 valence electrons. The normalized spacial score (nSPS) is 11.0. The van der Waals surface area contributed by atoms with Crippen molar-refractivity contribution in [3.05, 3.63) is 48.0 Å². The summed E-state index contributed by atoms with van der Waals surface area (Å²) in [6, 6.07) is 7.92. The largest absolute Gasteiger partial charge is 0.398 e. The summed E-state index contributed by atoms with van der Waals surface area (Å²) in [5.41, 5.74) is 9.86. The maximum absolute atomic E-state index is 5.98. The molecule has 0 atom stereocenters. The number of hydrogen-bond acceptors (Lipinski definition) is 3. The molecule has 0 saturated carbocycles. The standard InChI is InChI=1S/C14H14N4/c1-9-7-10(2)18(17-9)14-4-3-13(15)12-8-16-6-5-11(12)14/h3-8H,15H2,1-2H3. The summed E-state index contributed by atoms with van der Waals surface area (Å²) in [7, 11) is 0. The van der Waals surface area contributed by atoms with Crippen LogP contribution in [0, 0.1) is 13.8 Å². The average Bonchev–Trinajstić information content (AvgIpc) is 2.69. The molecule has 3 rings (SSSR count). The van der Waals surface area contributed by atoms with Gasteiger partial charge in [0, 0.05) is 34.5 Å². The van der Waals surface area contributed by atoms with E-state index in [1.165, 1.54) is 0 Å². The zero-order valence-electron chi connectivity index (χ0n) is 10.4. The third-order valence-corrected chi connectivity index (χ3v) is 3.07. The lowest BCUT2D eigenvalue weighted by molar-refractivity contribution is 0.839. The zero-order chi connectivity index (χ0) is 12.7. The first-order chi connectivity index (χ1) is 8.66. The molecule has 2 N–H and O–H groups in total. The van der Waals surface area contributed by atoms with Crippen LogP contribution in [-0.2, 0) is 0 Å². The van der Waals surface area contributed by atoms with Crippen LogP contribution in [0.4, 0.5) is 5.69 Å². The van der Waals surface area contributed by atoms with Crippen molar-refractivity contribution in [2.75, 3.05) is 5.73 Å². The molecule has 1 aromatic carbocycles. The Labute approximate surface area is 105 Å². The van der Waals surface area contributed by atoms with E-state index in [0.29, 0.717) is 0 Å². The second-order valence-electron chi connectivity index (χ2n) is 4.43. The third kappa shape index (κ3) is 1.54. The first-order valence-electron chi connectivity index (χ1n) is 5.82. The number of rotatable bonds is 1. The number of aryl methyl sites for hydroxylation is 2. The van der Waals surface area contributed by atoms with E-state index in [9.17, 15) is 0 Å². The van der Waals surface area contributed by atoms with Crippen LogP contribution in [-0.4, -0.2) is 14.8 Å². The monoisotopic (exact) mass is 238 g/mol. The molecule has 0 amide bonds. The molecule has 0 aliphatic rings. The minimum atomic E-state index is 0.739. The van der Waals surface area contributed by atoms with E-state index in [2.05, 4.69) is 16.1 Å². The lowest BCUT2D eigenvalue weighted by Crippen LogP contribution is -2.01. The SMILES string of the molecule is Cc1cc(C)n(-c2ccc(N)c3cnccc23)n1. The molecule has 4 nitrogen and oxygen atoms in total. The van der Waals surface area contributed by atoms with Crippen molar-refractivity contribution in [3.8, 4) is 5.69 Å². The van der Waals surface area contributed by atoms with E-state index >= 15 is 0 Å². The molecular formula is C14H14N4. The Hall–Kier alpha value is -2.36. The van der Waals surface area contributed by atoms with E-state index in [0.717, 1.165) is 33.5 Å². The average molecular weight is 238 g/mol. The quantitative estimate of drug-likeness (QED) is 0.663. The van der Waals surface area contributed by atoms with Crippen LogP contribution in [0.3, 0.4) is 0 Å². The topological polar surface area (TPSA) is 56.7 Å². The molecule has 2 aromatic heterocycles. The molecule has 2 heterocycles. The molecule has 18 heavy (non-hydrogen) atoms. The highest BCUT2D eigenvalue weighted by atomic mass is 15.3. The third-order valence-electron chi connectivity index (χ3n) is 3.07. The van der Waals surface area contributed by atoms with Crippen LogP contribution in [0.2, 0.25) is 0 Å². The lowest BCUT2D eigenvalue weighted by atomic mass is 10.1.